The summed E-state index contributed by atoms with van der Waals surface area (Å²) < 4.78 is 6.07. The Balaban J connectivity index is 1.62. The fourth-order valence-electron chi connectivity index (χ4n) is 4.40. The van der Waals surface area contributed by atoms with E-state index in [0.717, 1.165) is 45.9 Å². The number of nitrogens with one attached hydrogen (secondary N) is 1. The van der Waals surface area contributed by atoms with Crippen LogP contribution >= 0.6 is 0 Å². The molecule has 1 aliphatic heterocycles. The number of para-hydroxylation sites is 2. The summed E-state index contributed by atoms with van der Waals surface area (Å²) in [6, 6.07) is 22.1. The molecule has 0 aromatic heterocycles. The van der Waals surface area contributed by atoms with Crippen molar-refractivity contribution in [3.63, 3.8) is 0 Å². The highest BCUT2D eigenvalue weighted by Crippen LogP contribution is 2.45. The lowest BCUT2D eigenvalue weighted by molar-refractivity contribution is -0.116. The van der Waals surface area contributed by atoms with Crippen LogP contribution in [-0.2, 0) is 16.6 Å². The van der Waals surface area contributed by atoms with Gasteiger partial charge in [0, 0.05) is 35.8 Å². The Morgan fingerprint density at radius 3 is 2.19 bits per heavy atom. The van der Waals surface area contributed by atoms with Crippen LogP contribution in [0.4, 0.5) is 5.69 Å². The van der Waals surface area contributed by atoms with Crippen molar-refractivity contribution in [1.82, 2.24) is 0 Å². The third kappa shape index (κ3) is 4.71. The summed E-state index contributed by atoms with van der Waals surface area (Å²) in [5.74, 6) is 1.54. The maximum atomic E-state index is 13.3. The van der Waals surface area contributed by atoms with E-state index in [2.05, 4.69) is 44.3 Å². The maximum absolute atomic E-state index is 13.3. The fraction of sp³-hybridized carbons (Fsp3) is 0.321. The van der Waals surface area contributed by atoms with Crippen molar-refractivity contribution >= 4 is 11.6 Å². The van der Waals surface area contributed by atoms with Crippen LogP contribution in [0.2, 0.25) is 0 Å². The van der Waals surface area contributed by atoms with Gasteiger partial charge in [0.05, 0.1) is 0 Å². The van der Waals surface area contributed by atoms with E-state index in [1.807, 2.05) is 48.5 Å². The molecule has 0 fully saturated rings. The molecule has 4 rings (SSSR count). The minimum Gasteiger partial charge on any atom is -0.457 e. The normalized spacial score (nSPS) is 13.1. The zero-order valence-electron chi connectivity index (χ0n) is 19.0. The Bertz CT molecular complexity index is 1070. The molecule has 0 saturated carbocycles. The van der Waals surface area contributed by atoms with Gasteiger partial charge in [-0.1, -0.05) is 69.3 Å². The number of hydrogen-bond acceptors (Lipinski definition) is 3. The van der Waals surface area contributed by atoms with Gasteiger partial charge in [-0.15, -0.1) is 0 Å². The largest absolute Gasteiger partial charge is 0.457 e. The summed E-state index contributed by atoms with van der Waals surface area (Å²) in [5, 5.41) is 12.4. The summed E-state index contributed by atoms with van der Waals surface area (Å²) in [7, 11) is 0. The van der Waals surface area contributed by atoms with E-state index >= 15 is 0 Å². The molecule has 0 radical (unpaired) electrons. The number of hydrogen-bond donors (Lipinski definition) is 2. The van der Waals surface area contributed by atoms with E-state index in [1.54, 1.807) is 0 Å². The summed E-state index contributed by atoms with van der Waals surface area (Å²) in [4.78, 5) is 13.3. The summed E-state index contributed by atoms with van der Waals surface area (Å²) in [6.45, 7) is 6.61. The number of carbonyl (C=O) groups is 1. The van der Waals surface area contributed by atoms with Crippen LogP contribution in [0.25, 0.3) is 0 Å². The molecule has 3 aromatic carbocycles. The number of carbonyl (C=O) groups excluding carboxylic acids is 1. The van der Waals surface area contributed by atoms with Gasteiger partial charge in [0.1, 0.15) is 11.5 Å². The lowest BCUT2D eigenvalue weighted by Gasteiger charge is -2.28. The molecule has 2 N–H and O–H groups in total. The highest BCUT2D eigenvalue weighted by molar-refractivity contribution is 5.93. The monoisotopic (exact) mass is 429 g/mol. The molecule has 0 spiro atoms. The van der Waals surface area contributed by atoms with Gasteiger partial charge in [-0.3, -0.25) is 4.79 Å². The van der Waals surface area contributed by atoms with Gasteiger partial charge in [-0.05, 0) is 47.6 Å². The maximum Gasteiger partial charge on any atom is 0.225 e. The van der Waals surface area contributed by atoms with Gasteiger partial charge >= 0.3 is 0 Å². The number of aliphatic hydroxyl groups is 1. The van der Waals surface area contributed by atoms with Crippen LogP contribution in [0, 0.1) is 0 Å². The van der Waals surface area contributed by atoms with E-state index in [1.165, 1.54) is 0 Å². The van der Waals surface area contributed by atoms with Crippen LogP contribution in [0.5, 0.6) is 11.5 Å². The average Bonchev–Trinajstić information content (AvgIpc) is 2.77. The molecule has 0 bridgehead atoms. The Morgan fingerprint density at radius 1 is 0.969 bits per heavy atom. The molecule has 0 unspecified atom stereocenters. The predicted molar refractivity (Wildman–Crippen MR) is 129 cm³/mol. The molecular weight excluding hydrogens is 398 g/mol. The van der Waals surface area contributed by atoms with E-state index in [4.69, 9.17) is 4.74 Å². The number of fused-ring (bicyclic) bond motifs is 2. The Kier molecular flexibility index (Phi) is 6.33. The molecule has 1 amide bonds. The molecule has 4 nitrogen and oxygen atoms in total. The third-order valence-electron chi connectivity index (χ3n) is 5.99. The Hall–Kier alpha value is -3.11. The van der Waals surface area contributed by atoms with Gasteiger partial charge in [0.25, 0.3) is 0 Å². The quantitative estimate of drug-likeness (QED) is 0.492. The van der Waals surface area contributed by atoms with Crippen molar-refractivity contribution in [3.05, 3.63) is 89.0 Å². The zero-order valence-corrected chi connectivity index (χ0v) is 19.0. The number of rotatable bonds is 6. The van der Waals surface area contributed by atoms with Crippen molar-refractivity contribution < 1.29 is 14.6 Å². The minimum atomic E-state index is -0.101. The van der Waals surface area contributed by atoms with Crippen molar-refractivity contribution in [2.45, 2.75) is 51.4 Å². The van der Waals surface area contributed by atoms with E-state index in [9.17, 15) is 9.90 Å². The van der Waals surface area contributed by atoms with Crippen LogP contribution in [0.15, 0.2) is 66.7 Å². The third-order valence-corrected chi connectivity index (χ3v) is 5.99. The lowest BCUT2D eigenvalue weighted by atomic mass is 9.84. The van der Waals surface area contributed by atoms with Crippen LogP contribution in [0.1, 0.15) is 61.8 Å². The first-order valence-corrected chi connectivity index (χ1v) is 11.3. The smallest absolute Gasteiger partial charge is 0.225 e. The molecule has 166 valence electrons. The fourth-order valence-corrected chi connectivity index (χ4v) is 4.40. The molecule has 3 aromatic rings. The molecule has 0 atom stereocenters. The second-order valence-corrected chi connectivity index (χ2v) is 9.44. The number of amides is 1. The number of aliphatic hydroxyl groups excluding tert-OH is 1. The number of benzene rings is 3. The standard InChI is InChI=1S/C28H31NO3/c1-28(2,3)23-15-14-19(9-8-16-30)17-24(23)29-27(31)18-22-20-10-4-6-12-25(20)32-26-13-7-5-11-21(22)26/h4-7,10-15,17,22,30H,8-9,16,18H2,1-3H3,(H,29,31). The van der Waals surface area contributed by atoms with Crippen molar-refractivity contribution in [1.29, 1.82) is 0 Å². The van der Waals surface area contributed by atoms with Gasteiger partial charge in [-0.25, -0.2) is 0 Å². The van der Waals surface area contributed by atoms with Crippen molar-refractivity contribution in [3.8, 4) is 11.5 Å². The molecule has 0 saturated heterocycles. The SMILES string of the molecule is CC(C)(C)c1ccc(CCCO)cc1NC(=O)CC1c2ccccc2Oc2ccccc21. The van der Waals surface area contributed by atoms with E-state index < -0.39 is 0 Å². The Labute approximate surface area is 190 Å². The van der Waals surface area contributed by atoms with E-state index in [0.29, 0.717) is 12.8 Å². The summed E-state index contributed by atoms with van der Waals surface area (Å²) in [6.07, 6.45) is 1.82. The summed E-state index contributed by atoms with van der Waals surface area (Å²) in [5.41, 5.74) is 5.04. The van der Waals surface area contributed by atoms with Crippen LogP contribution < -0.4 is 10.1 Å². The second kappa shape index (κ2) is 9.17. The van der Waals surface area contributed by atoms with Crippen LogP contribution in [0.3, 0.4) is 0 Å². The van der Waals surface area contributed by atoms with Gasteiger partial charge in [0.15, 0.2) is 0 Å². The highest BCUT2D eigenvalue weighted by Gasteiger charge is 2.29. The van der Waals surface area contributed by atoms with Crippen LogP contribution in [-0.4, -0.2) is 17.6 Å². The van der Waals surface area contributed by atoms with Gasteiger partial charge in [0.2, 0.25) is 5.91 Å². The molecule has 4 heteroatoms. The second-order valence-electron chi connectivity index (χ2n) is 9.44. The average molecular weight is 430 g/mol. The van der Waals surface area contributed by atoms with E-state index in [-0.39, 0.29) is 23.8 Å². The first-order chi connectivity index (χ1) is 15.4. The number of aryl methyl sites for hydroxylation is 1. The first kappa shape index (κ1) is 22.1. The first-order valence-electron chi connectivity index (χ1n) is 11.3. The lowest BCUT2D eigenvalue weighted by Crippen LogP contribution is -2.22. The Morgan fingerprint density at radius 2 is 1.59 bits per heavy atom. The topological polar surface area (TPSA) is 58.6 Å². The van der Waals surface area contributed by atoms with Gasteiger partial charge in [-0.2, -0.15) is 0 Å². The molecule has 1 aliphatic rings. The number of anilines is 1. The molecule has 0 aliphatic carbocycles. The molecular formula is C28H31NO3. The molecule has 1 heterocycles. The minimum absolute atomic E-state index is 0.0219. The predicted octanol–water partition coefficient (Wildman–Crippen LogP) is 6.18. The number of ether oxygens (including phenoxy) is 1. The zero-order chi connectivity index (χ0) is 22.7. The van der Waals surface area contributed by atoms with Crippen molar-refractivity contribution in [2.75, 3.05) is 11.9 Å². The van der Waals surface area contributed by atoms with Gasteiger partial charge < -0.3 is 15.2 Å². The summed E-state index contributed by atoms with van der Waals surface area (Å²) >= 11 is 0. The van der Waals surface area contributed by atoms with Crippen molar-refractivity contribution in [2.24, 2.45) is 0 Å². The highest BCUT2D eigenvalue weighted by atomic mass is 16.5. The molecule has 32 heavy (non-hydrogen) atoms.